The van der Waals surface area contributed by atoms with Crippen molar-refractivity contribution in [2.24, 2.45) is 0 Å². The number of aromatic nitrogens is 1. The third kappa shape index (κ3) is 3.58. The van der Waals surface area contributed by atoms with Gasteiger partial charge in [-0.3, -0.25) is 9.69 Å². The first kappa shape index (κ1) is 15.0. The molecule has 0 unspecified atom stereocenters. The Morgan fingerprint density at radius 2 is 2.00 bits per heavy atom. The summed E-state index contributed by atoms with van der Waals surface area (Å²) in [7, 11) is 1.96. The van der Waals surface area contributed by atoms with Crippen LogP contribution in [0.3, 0.4) is 0 Å². The number of likely N-dealkylation sites (N-methyl/N-ethyl adjacent to an activating group) is 1. The first-order valence-corrected chi connectivity index (χ1v) is 7.38. The number of Topliss-reactive ketones (excluding diaryl/α,β-unsaturated/α-hetero) is 1. The van der Waals surface area contributed by atoms with Gasteiger partial charge in [0, 0.05) is 28.0 Å². The molecule has 0 fully saturated rings. The number of nitrogens with one attached hydrogen (secondary N) is 1. The Hall–Kier alpha value is -1.39. The quantitative estimate of drug-likeness (QED) is 0.846. The average molecular weight is 335 g/mol. The number of carbonyl (C=O) groups is 1. The lowest BCUT2D eigenvalue weighted by atomic mass is 10.1. The van der Waals surface area contributed by atoms with Crippen LogP contribution in [-0.4, -0.2) is 29.3 Å². The predicted octanol–water partition coefficient (Wildman–Crippen LogP) is 3.71. The lowest BCUT2D eigenvalue weighted by Crippen LogP contribution is -2.26. The summed E-state index contributed by atoms with van der Waals surface area (Å²) in [6, 6.07) is 10.0. The smallest absolute Gasteiger partial charge is 0.178 e. The number of aryl methyl sites for hydroxylation is 2. The van der Waals surface area contributed by atoms with Crippen molar-refractivity contribution in [2.45, 2.75) is 20.4 Å². The number of benzene rings is 1. The highest BCUT2D eigenvalue weighted by Crippen LogP contribution is 2.18. The number of hydrogen-bond donors (Lipinski definition) is 1. The number of ketones is 1. The van der Waals surface area contributed by atoms with E-state index < -0.39 is 0 Å². The zero-order valence-electron chi connectivity index (χ0n) is 12.0. The van der Waals surface area contributed by atoms with Gasteiger partial charge in [-0.25, -0.2) is 0 Å². The maximum atomic E-state index is 12.3. The van der Waals surface area contributed by atoms with Gasteiger partial charge in [0.2, 0.25) is 0 Å². The minimum Gasteiger partial charge on any atom is -0.362 e. The summed E-state index contributed by atoms with van der Waals surface area (Å²) >= 11 is 3.53. The van der Waals surface area contributed by atoms with Crippen LogP contribution in [0.4, 0.5) is 0 Å². The molecule has 3 nitrogen and oxygen atoms in total. The second-order valence-corrected chi connectivity index (χ2v) is 6.03. The summed E-state index contributed by atoms with van der Waals surface area (Å²) in [5.74, 6) is 0.154. The second-order valence-electron chi connectivity index (χ2n) is 5.18. The fourth-order valence-corrected chi connectivity index (χ4v) is 2.73. The van der Waals surface area contributed by atoms with E-state index in [1.165, 1.54) is 5.56 Å². The zero-order valence-corrected chi connectivity index (χ0v) is 13.6. The topological polar surface area (TPSA) is 36.1 Å². The summed E-state index contributed by atoms with van der Waals surface area (Å²) in [5, 5.41) is 0. The van der Waals surface area contributed by atoms with Crippen LogP contribution in [0, 0.1) is 13.8 Å². The Labute approximate surface area is 128 Å². The molecule has 0 saturated heterocycles. The first-order chi connectivity index (χ1) is 9.47. The Balaban J connectivity index is 2.01. The van der Waals surface area contributed by atoms with Crippen LogP contribution in [0.25, 0.3) is 0 Å². The van der Waals surface area contributed by atoms with E-state index in [1.807, 2.05) is 50.1 Å². The standard InChI is InChI=1S/C16H19BrN2O/c1-11-8-14(12(2)18-11)16(20)10-19(3)9-13-6-4-5-7-15(13)17/h4-8,18H,9-10H2,1-3H3. The van der Waals surface area contributed by atoms with Crippen molar-refractivity contribution in [1.29, 1.82) is 0 Å². The number of rotatable bonds is 5. The maximum Gasteiger partial charge on any atom is 0.178 e. The highest BCUT2D eigenvalue weighted by Gasteiger charge is 2.14. The van der Waals surface area contributed by atoms with E-state index in [0.717, 1.165) is 28.0 Å². The molecule has 0 aliphatic carbocycles. The van der Waals surface area contributed by atoms with E-state index in [4.69, 9.17) is 0 Å². The lowest BCUT2D eigenvalue weighted by Gasteiger charge is -2.16. The van der Waals surface area contributed by atoms with E-state index in [2.05, 4.69) is 27.0 Å². The summed E-state index contributed by atoms with van der Waals surface area (Å²) in [6.07, 6.45) is 0. The summed E-state index contributed by atoms with van der Waals surface area (Å²) < 4.78 is 1.08. The van der Waals surface area contributed by atoms with Crippen molar-refractivity contribution in [3.8, 4) is 0 Å². The zero-order chi connectivity index (χ0) is 14.7. The molecule has 0 aliphatic rings. The Kier molecular flexibility index (Phi) is 4.78. The molecule has 106 valence electrons. The van der Waals surface area contributed by atoms with Crippen LogP contribution in [0.2, 0.25) is 0 Å². The number of nitrogens with zero attached hydrogens (tertiary/aromatic N) is 1. The van der Waals surface area contributed by atoms with E-state index in [-0.39, 0.29) is 5.78 Å². The minimum absolute atomic E-state index is 0.154. The molecule has 0 atom stereocenters. The number of halogens is 1. The molecular formula is C16H19BrN2O. The molecule has 2 rings (SSSR count). The second kappa shape index (κ2) is 6.37. The summed E-state index contributed by atoms with van der Waals surface area (Å²) in [4.78, 5) is 17.5. The molecule has 1 aromatic carbocycles. The largest absolute Gasteiger partial charge is 0.362 e. The van der Waals surface area contributed by atoms with Crippen LogP contribution in [0.5, 0.6) is 0 Å². The van der Waals surface area contributed by atoms with Crippen molar-refractivity contribution < 1.29 is 4.79 Å². The summed E-state index contributed by atoms with van der Waals surface area (Å²) in [5.41, 5.74) is 3.95. The van der Waals surface area contributed by atoms with E-state index in [1.54, 1.807) is 0 Å². The van der Waals surface area contributed by atoms with Crippen molar-refractivity contribution in [1.82, 2.24) is 9.88 Å². The van der Waals surface area contributed by atoms with Crippen molar-refractivity contribution >= 4 is 21.7 Å². The van der Waals surface area contributed by atoms with Crippen molar-refractivity contribution in [2.75, 3.05) is 13.6 Å². The van der Waals surface area contributed by atoms with Gasteiger partial charge in [0.1, 0.15) is 0 Å². The highest BCUT2D eigenvalue weighted by atomic mass is 79.9. The fraction of sp³-hybridized carbons (Fsp3) is 0.312. The van der Waals surface area contributed by atoms with Crippen LogP contribution >= 0.6 is 15.9 Å². The Morgan fingerprint density at radius 3 is 2.60 bits per heavy atom. The molecule has 0 spiro atoms. The van der Waals surface area contributed by atoms with Gasteiger partial charge in [0.15, 0.2) is 5.78 Å². The van der Waals surface area contributed by atoms with Crippen LogP contribution in [0.1, 0.15) is 27.3 Å². The fourth-order valence-electron chi connectivity index (χ4n) is 2.32. The lowest BCUT2D eigenvalue weighted by molar-refractivity contribution is 0.0942. The minimum atomic E-state index is 0.154. The molecular weight excluding hydrogens is 316 g/mol. The van der Waals surface area contributed by atoms with Gasteiger partial charge in [-0.1, -0.05) is 34.1 Å². The van der Waals surface area contributed by atoms with Crippen molar-refractivity contribution in [3.05, 3.63) is 57.3 Å². The number of aromatic amines is 1. The molecule has 0 amide bonds. The molecule has 1 heterocycles. The number of H-pyrrole nitrogens is 1. The third-order valence-electron chi connectivity index (χ3n) is 3.26. The van der Waals surface area contributed by atoms with Crippen LogP contribution in [-0.2, 0) is 6.54 Å². The molecule has 0 saturated carbocycles. The average Bonchev–Trinajstić information content (AvgIpc) is 2.71. The Morgan fingerprint density at radius 1 is 1.30 bits per heavy atom. The molecule has 0 radical (unpaired) electrons. The van der Waals surface area contributed by atoms with Crippen molar-refractivity contribution in [3.63, 3.8) is 0 Å². The van der Waals surface area contributed by atoms with E-state index >= 15 is 0 Å². The molecule has 20 heavy (non-hydrogen) atoms. The monoisotopic (exact) mass is 334 g/mol. The molecule has 2 aromatic rings. The molecule has 1 N–H and O–H groups in total. The number of hydrogen-bond acceptors (Lipinski definition) is 2. The van der Waals surface area contributed by atoms with Gasteiger partial charge in [-0.05, 0) is 38.6 Å². The molecule has 0 bridgehead atoms. The van der Waals surface area contributed by atoms with Gasteiger partial charge in [0.05, 0.1) is 6.54 Å². The van der Waals surface area contributed by atoms with Gasteiger partial charge in [-0.15, -0.1) is 0 Å². The highest BCUT2D eigenvalue weighted by molar-refractivity contribution is 9.10. The van der Waals surface area contributed by atoms with Gasteiger partial charge in [0.25, 0.3) is 0 Å². The van der Waals surface area contributed by atoms with E-state index in [9.17, 15) is 4.79 Å². The molecule has 0 aliphatic heterocycles. The van der Waals surface area contributed by atoms with Gasteiger partial charge < -0.3 is 4.98 Å². The molecule has 1 aromatic heterocycles. The van der Waals surface area contributed by atoms with Crippen LogP contribution in [0.15, 0.2) is 34.8 Å². The first-order valence-electron chi connectivity index (χ1n) is 6.58. The predicted molar refractivity (Wildman–Crippen MR) is 85.1 cm³/mol. The van der Waals surface area contributed by atoms with E-state index in [0.29, 0.717) is 6.54 Å². The third-order valence-corrected chi connectivity index (χ3v) is 4.04. The molecule has 4 heteroatoms. The summed E-state index contributed by atoms with van der Waals surface area (Å²) in [6.45, 7) is 5.07. The van der Waals surface area contributed by atoms with Gasteiger partial charge >= 0.3 is 0 Å². The Bertz CT molecular complexity index is 619. The normalized spacial score (nSPS) is 11.1. The van der Waals surface area contributed by atoms with Gasteiger partial charge in [-0.2, -0.15) is 0 Å². The SMILES string of the molecule is Cc1cc(C(=O)CN(C)Cc2ccccc2Br)c(C)[nH]1. The number of carbonyl (C=O) groups excluding carboxylic acids is 1. The maximum absolute atomic E-state index is 12.3. The van der Waals surface area contributed by atoms with Crippen LogP contribution < -0.4 is 0 Å².